The highest BCUT2D eigenvalue weighted by atomic mass is 16.5. The fourth-order valence-electron chi connectivity index (χ4n) is 1.31. The number of aromatic nitrogens is 2. The van der Waals surface area contributed by atoms with Crippen molar-refractivity contribution in [2.24, 2.45) is 0 Å². The largest absolute Gasteiger partial charge is 0.505 e. The lowest BCUT2D eigenvalue weighted by Crippen LogP contribution is -1.90. The van der Waals surface area contributed by atoms with Gasteiger partial charge in [-0.1, -0.05) is 25.1 Å². The number of nitrogens with zero attached hydrogens (tertiary/aromatic N) is 2. The summed E-state index contributed by atoms with van der Waals surface area (Å²) >= 11 is 0. The smallest absolute Gasteiger partial charge is 0.261 e. The first-order valence-corrected chi connectivity index (χ1v) is 5.01. The third-order valence-electron chi connectivity index (χ3n) is 2.26. The molecule has 5 nitrogen and oxygen atoms in total. The van der Waals surface area contributed by atoms with Crippen molar-refractivity contribution in [2.75, 3.05) is 5.73 Å². The van der Waals surface area contributed by atoms with E-state index in [-0.39, 0.29) is 17.6 Å². The Morgan fingerprint density at radius 3 is 2.75 bits per heavy atom. The van der Waals surface area contributed by atoms with Crippen molar-refractivity contribution in [3.8, 4) is 17.2 Å². The van der Waals surface area contributed by atoms with E-state index in [9.17, 15) is 5.11 Å². The zero-order chi connectivity index (χ0) is 11.7. The van der Waals surface area contributed by atoms with Gasteiger partial charge in [0.25, 0.3) is 5.89 Å². The van der Waals surface area contributed by atoms with Crippen LogP contribution in [-0.4, -0.2) is 15.2 Å². The van der Waals surface area contributed by atoms with E-state index in [1.54, 1.807) is 18.2 Å². The molecule has 0 spiro atoms. The number of anilines is 1. The van der Waals surface area contributed by atoms with Crippen LogP contribution in [0.4, 0.5) is 5.69 Å². The number of hydrogen-bond donors (Lipinski definition) is 2. The Bertz CT molecular complexity index is 506. The molecule has 0 aliphatic rings. The summed E-state index contributed by atoms with van der Waals surface area (Å²) in [6.45, 7) is 3.93. The van der Waals surface area contributed by atoms with Crippen LogP contribution >= 0.6 is 0 Å². The average Bonchev–Trinajstić information content (AvgIpc) is 2.71. The summed E-state index contributed by atoms with van der Waals surface area (Å²) in [5.74, 6) is 1.05. The quantitative estimate of drug-likeness (QED) is 0.597. The Morgan fingerprint density at radius 2 is 2.12 bits per heavy atom. The van der Waals surface area contributed by atoms with Gasteiger partial charge >= 0.3 is 0 Å². The van der Waals surface area contributed by atoms with Gasteiger partial charge in [0.1, 0.15) is 0 Å². The Kier molecular flexibility index (Phi) is 2.52. The molecule has 0 unspecified atom stereocenters. The summed E-state index contributed by atoms with van der Waals surface area (Å²) in [6, 6.07) is 5.02. The zero-order valence-electron chi connectivity index (χ0n) is 9.14. The van der Waals surface area contributed by atoms with Crippen LogP contribution < -0.4 is 5.73 Å². The molecule has 16 heavy (non-hydrogen) atoms. The first-order valence-electron chi connectivity index (χ1n) is 5.01. The van der Waals surface area contributed by atoms with E-state index in [1.165, 1.54) is 0 Å². The second-order valence-electron chi connectivity index (χ2n) is 3.86. The van der Waals surface area contributed by atoms with Gasteiger partial charge in [-0.05, 0) is 12.1 Å². The Morgan fingerprint density at radius 1 is 1.38 bits per heavy atom. The van der Waals surface area contributed by atoms with Crippen LogP contribution in [0.3, 0.4) is 0 Å². The summed E-state index contributed by atoms with van der Waals surface area (Å²) in [5.41, 5.74) is 6.34. The molecule has 1 aromatic carbocycles. The highest BCUT2D eigenvalue weighted by Crippen LogP contribution is 2.32. The average molecular weight is 219 g/mol. The van der Waals surface area contributed by atoms with Crippen LogP contribution in [0.2, 0.25) is 0 Å². The van der Waals surface area contributed by atoms with Crippen LogP contribution in [0, 0.1) is 0 Å². The van der Waals surface area contributed by atoms with Crippen molar-refractivity contribution in [3.63, 3.8) is 0 Å². The van der Waals surface area contributed by atoms with Gasteiger partial charge in [0.15, 0.2) is 11.6 Å². The van der Waals surface area contributed by atoms with Crippen molar-refractivity contribution < 1.29 is 9.63 Å². The predicted octanol–water partition coefficient (Wildman–Crippen LogP) is 2.15. The maximum atomic E-state index is 9.75. The Balaban J connectivity index is 2.47. The van der Waals surface area contributed by atoms with Gasteiger partial charge in [0.2, 0.25) is 0 Å². The topological polar surface area (TPSA) is 85.2 Å². The Hall–Kier alpha value is -2.04. The van der Waals surface area contributed by atoms with Crippen molar-refractivity contribution in [1.82, 2.24) is 10.1 Å². The molecule has 0 aliphatic heterocycles. The number of phenols is 1. The van der Waals surface area contributed by atoms with E-state index in [0.29, 0.717) is 17.1 Å². The van der Waals surface area contributed by atoms with Gasteiger partial charge in [-0.15, -0.1) is 0 Å². The molecule has 1 heterocycles. The summed E-state index contributed by atoms with van der Waals surface area (Å²) in [4.78, 5) is 4.19. The molecule has 0 saturated carbocycles. The van der Waals surface area contributed by atoms with E-state index < -0.39 is 0 Å². The molecular weight excluding hydrogens is 206 g/mol. The molecule has 2 aromatic rings. The van der Waals surface area contributed by atoms with Gasteiger partial charge in [-0.2, -0.15) is 4.98 Å². The molecule has 0 radical (unpaired) electrons. The standard InChI is InChI=1S/C11H13N3O2/c1-6(2)10-13-11(16-14-10)7-4-3-5-8(12)9(7)15/h3-6,15H,12H2,1-2H3. The lowest BCUT2D eigenvalue weighted by atomic mass is 10.1. The van der Waals surface area contributed by atoms with Gasteiger partial charge < -0.3 is 15.4 Å². The maximum Gasteiger partial charge on any atom is 0.261 e. The number of aromatic hydroxyl groups is 1. The van der Waals surface area contributed by atoms with E-state index in [4.69, 9.17) is 10.3 Å². The molecule has 84 valence electrons. The Labute approximate surface area is 92.9 Å². The van der Waals surface area contributed by atoms with Crippen LogP contribution in [0.25, 0.3) is 11.5 Å². The third-order valence-corrected chi connectivity index (χ3v) is 2.26. The number of hydrogen-bond acceptors (Lipinski definition) is 5. The highest BCUT2D eigenvalue weighted by molar-refractivity contribution is 5.71. The van der Waals surface area contributed by atoms with E-state index in [2.05, 4.69) is 10.1 Å². The van der Waals surface area contributed by atoms with Crippen LogP contribution in [0.5, 0.6) is 5.75 Å². The minimum absolute atomic E-state index is 0.0264. The van der Waals surface area contributed by atoms with Crippen LogP contribution in [0.1, 0.15) is 25.6 Å². The van der Waals surface area contributed by atoms with Crippen molar-refractivity contribution in [2.45, 2.75) is 19.8 Å². The van der Waals surface area contributed by atoms with Gasteiger partial charge in [-0.3, -0.25) is 0 Å². The molecule has 1 aromatic heterocycles. The van der Waals surface area contributed by atoms with Crippen molar-refractivity contribution in [3.05, 3.63) is 24.0 Å². The monoisotopic (exact) mass is 219 g/mol. The molecule has 0 fully saturated rings. The number of phenolic OH excluding ortho intramolecular Hbond substituents is 1. The highest BCUT2D eigenvalue weighted by Gasteiger charge is 2.15. The molecule has 5 heteroatoms. The zero-order valence-corrected chi connectivity index (χ0v) is 9.14. The lowest BCUT2D eigenvalue weighted by Gasteiger charge is -2.01. The summed E-state index contributed by atoms with van der Waals surface area (Å²) in [7, 11) is 0. The molecule has 0 bridgehead atoms. The SMILES string of the molecule is CC(C)c1noc(-c2cccc(N)c2O)n1. The number of para-hydroxylation sites is 1. The molecule has 0 amide bonds. The molecule has 0 aliphatic carbocycles. The number of rotatable bonds is 2. The number of benzene rings is 1. The van der Waals surface area contributed by atoms with E-state index in [1.807, 2.05) is 13.8 Å². The minimum atomic E-state index is -0.0264. The molecular formula is C11H13N3O2. The van der Waals surface area contributed by atoms with Gasteiger partial charge in [0.05, 0.1) is 11.3 Å². The van der Waals surface area contributed by atoms with Crippen molar-refractivity contribution >= 4 is 5.69 Å². The van der Waals surface area contributed by atoms with Crippen LogP contribution in [0.15, 0.2) is 22.7 Å². The summed E-state index contributed by atoms with van der Waals surface area (Å²) in [6.07, 6.45) is 0. The molecule has 0 saturated heterocycles. The van der Waals surface area contributed by atoms with E-state index >= 15 is 0 Å². The summed E-state index contributed by atoms with van der Waals surface area (Å²) < 4.78 is 5.07. The maximum absolute atomic E-state index is 9.75. The first kappa shape index (κ1) is 10.5. The fourth-order valence-corrected chi connectivity index (χ4v) is 1.31. The van der Waals surface area contributed by atoms with Gasteiger partial charge in [-0.25, -0.2) is 0 Å². The van der Waals surface area contributed by atoms with E-state index in [0.717, 1.165) is 0 Å². The lowest BCUT2D eigenvalue weighted by molar-refractivity contribution is 0.415. The molecule has 2 rings (SSSR count). The van der Waals surface area contributed by atoms with Gasteiger partial charge in [0, 0.05) is 5.92 Å². The van der Waals surface area contributed by atoms with Crippen molar-refractivity contribution in [1.29, 1.82) is 0 Å². The number of nitrogen functional groups attached to an aromatic ring is 1. The second-order valence-corrected chi connectivity index (χ2v) is 3.86. The number of nitrogens with two attached hydrogens (primary N) is 1. The summed E-state index contributed by atoms with van der Waals surface area (Å²) in [5, 5.41) is 13.6. The molecule has 3 N–H and O–H groups in total. The third kappa shape index (κ3) is 1.71. The van der Waals surface area contributed by atoms with Crippen LogP contribution in [-0.2, 0) is 0 Å². The second kappa shape index (κ2) is 3.84. The normalized spacial score (nSPS) is 10.9. The fraction of sp³-hybridized carbons (Fsp3) is 0.273. The first-order chi connectivity index (χ1) is 7.59. The minimum Gasteiger partial charge on any atom is -0.505 e. The predicted molar refractivity (Wildman–Crippen MR) is 59.9 cm³/mol. The molecule has 0 atom stereocenters.